The maximum absolute atomic E-state index is 6.07. The molecular weight excluding hydrogens is 244 g/mol. The molecule has 2 aromatic carbocycles. The van der Waals surface area contributed by atoms with Crippen molar-refractivity contribution in [2.45, 2.75) is 39.2 Å². The summed E-state index contributed by atoms with van der Waals surface area (Å²) in [7, 11) is 0. The minimum Gasteiger partial charge on any atom is -0.397 e. The van der Waals surface area contributed by atoms with Crippen LogP contribution in [0.3, 0.4) is 0 Å². The number of nitrogens with one attached hydrogen (secondary N) is 1. The molecule has 0 heterocycles. The van der Waals surface area contributed by atoms with Gasteiger partial charge in [0.15, 0.2) is 0 Å². The number of nitrogen functional groups attached to an aromatic ring is 1. The van der Waals surface area contributed by atoms with Gasteiger partial charge < -0.3 is 11.1 Å². The molecule has 0 aliphatic rings. The van der Waals surface area contributed by atoms with Crippen LogP contribution in [-0.2, 0) is 6.42 Å². The highest BCUT2D eigenvalue weighted by atomic mass is 15.0. The Balaban J connectivity index is 2.04. The van der Waals surface area contributed by atoms with Gasteiger partial charge in [0.2, 0.25) is 0 Å². The van der Waals surface area contributed by atoms with Crippen molar-refractivity contribution in [3.8, 4) is 0 Å². The second-order valence-electron chi connectivity index (χ2n) is 6.03. The van der Waals surface area contributed by atoms with E-state index in [1.54, 1.807) is 0 Å². The van der Waals surface area contributed by atoms with Gasteiger partial charge >= 0.3 is 0 Å². The Morgan fingerprint density at radius 1 is 1.00 bits per heavy atom. The lowest BCUT2D eigenvalue weighted by molar-refractivity contribution is 0.518. The third-order valence-electron chi connectivity index (χ3n) is 3.65. The fourth-order valence-corrected chi connectivity index (χ4v) is 2.36. The van der Waals surface area contributed by atoms with Crippen LogP contribution in [0, 0.1) is 6.92 Å². The monoisotopic (exact) mass is 268 g/mol. The van der Waals surface area contributed by atoms with E-state index >= 15 is 0 Å². The Morgan fingerprint density at radius 3 is 2.35 bits per heavy atom. The van der Waals surface area contributed by atoms with Crippen LogP contribution in [0.4, 0.5) is 11.4 Å². The molecule has 2 rings (SSSR count). The smallest absolute Gasteiger partial charge is 0.0607 e. The molecule has 0 unspecified atom stereocenters. The highest BCUT2D eigenvalue weighted by Gasteiger charge is 2.19. The predicted molar refractivity (Wildman–Crippen MR) is 88.1 cm³/mol. The van der Waals surface area contributed by atoms with Crippen LogP contribution in [-0.4, -0.2) is 5.54 Å². The number of anilines is 2. The van der Waals surface area contributed by atoms with Crippen molar-refractivity contribution in [2.75, 3.05) is 11.1 Å². The summed E-state index contributed by atoms with van der Waals surface area (Å²) in [5.74, 6) is 0. The molecule has 0 aliphatic heterocycles. The predicted octanol–water partition coefficient (Wildman–Crippen LogP) is 4.40. The number of rotatable bonds is 5. The van der Waals surface area contributed by atoms with Crippen LogP contribution in [0.5, 0.6) is 0 Å². The third-order valence-corrected chi connectivity index (χ3v) is 3.65. The quantitative estimate of drug-likeness (QED) is 0.789. The summed E-state index contributed by atoms with van der Waals surface area (Å²) in [6.07, 6.45) is 2.12. The van der Waals surface area contributed by atoms with Gasteiger partial charge in [0.25, 0.3) is 0 Å². The van der Waals surface area contributed by atoms with E-state index in [1.807, 2.05) is 12.1 Å². The van der Waals surface area contributed by atoms with Gasteiger partial charge in [0, 0.05) is 5.54 Å². The third kappa shape index (κ3) is 3.77. The maximum atomic E-state index is 6.07. The van der Waals surface area contributed by atoms with E-state index in [0.717, 1.165) is 24.2 Å². The molecule has 2 aromatic rings. The number of para-hydroxylation sites is 1. The van der Waals surface area contributed by atoms with Crippen molar-refractivity contribution in [3.05, 3.63) is 59.7 Å². The first-order valence-corrected chi connectivity index (χ1v) is 7.15. The molecule has 106 valence electrons. The van der Waals surface area contributed by atoms with Gasteiger partial charge in [-0.2, -0.15) is 0 Å². The molecule has 0 atom stereocenters. The van der Waals surface area contributed by atoms with Crippen molar-refractivity contribution in [1.82, 2.24) is 0 Å². The molecule has 2 nitrogen and oxygen atoms in total. The lowest BCUT2D eigenvalue weighted by atomic mass is 9.94. The van der Waals surface area contributed by atoms with Crippen LogP contribution in [0.15, 0.2) is 48.5 Å². The standard InChI is InChI=1S/C18H24N2/c1-14-8-7-11-16(19)17(14)20-18(2,3)13-12-15-9-5-4-6-10-15/h4-11,20H,12-13,19H2,1-3H3. The van der Waals surface area contributed by atoms with Crippen LogP contribution in [0.1, 0.15) is 31.4 Å². The van der Waals surface area contributed by atoms with E-state index in [2.05, 4.69) is 62.5 Å². The van der Waals surface area contributed by atoms with Crippen LogP contribution >= 0.6 is 0 Å². The Labute approximate surface area is 122 Å². The molecule has 0 fully saturated rings. The molecule has 0 saturated heterocycles. The lowest BCUT2D eigenvalue weighted by Gasteiger charge is -2.29. The Kier molecular flexibility index (Phi) is 4.33. The molecule has 0 aromatic heterocycles. The number of benzene rings is 2. The van der Waals surface area contributed by atoms with Crippen molar-refractivity contribution in [1.29, 1.82) is 0 Å². The van der Waals surface area contributed by atoms with Gasteiger partial charge in [-0.05, 0) is 50.8 Å². The number of hydrogen-bond acceptors (Lipinski definition) is 2. The van der Waals surface area contributed by atoms with Gasteiger partial charge in [-0.25, -0.2) is 0 Å². The topological polar surface area (TPSA) is 38.0 Å². The Hall–Kier alpha value is -1.96. The normalized spacial score (nSPS) is 11.3. The molecule has 2 heteroatoms. The molecule has 0 aliphatic carbocycles. The molecule has 0 amide bonds. The van der Waals surface area contributed by atoms with E-state index in [9.17, 15) is 0 Å². The highest BCUT2D eigenvalue weighted by Crippen LogP contribution is 2.28. The fourth-order valence-electron chi connectivity index (χ4n) is 2.36. The van der Waals surface area contributed by atoms with Crippen molar-refractivity contribution in [3.63, 3.8) is 0 Å². The number of hydrogen-bond donors (Lipinski definition) is 2. The number of nitrogens with two attached hydrogens (primary N) is 1. The summed E-state index contributed by atoms with van der Waals surface area (Å²) in [4.78, 5) is 0. The molecule has 0 spiro atoms. The minimum atomic E-state index is 0.00999. The first-order valence-electron chi connectivity index (χ1n) is 7.15. The summed E-state index contributed by atoms with van der Waals surface area (Å²) >= 11 is 0. The van der Waals surface area contributed by atoms with Crippen LogP contribution in [0.2, 0.25) is 0 Å². The Morgan fingerprint density at radius 2 is 1.70 bits per heavy atom. The van der Waals surface area contributed by atoms with Crippen LogP contribution < -0.4 is 11.1 Å². The molecule has 20 heavy (non-hydrogen) atoms. The maximum Gasteiger partial charge on any atom is 0.0607 e. The van der Waals surface area contributed by atoms with Crippen molar-refractivity contribution >= 4 is 11.4 Å². The average Bonchev–Trinajstić information content (AvgIpc) is 2.42. The van der Waals surface area contributed by atoms with Crippen molar-refractivity contribution in [2.24, 2.45) is 0 Å². The zero-order chi connectivity index (χ0) is 14.6. The average molecular weight is 268 g/mol. The Bertz CT molecular complexity index is 539. The van der Waals surface area contributed by atoms with E-state index in [0.29, 0.717) is 0 Å². The summed E-state index contributed by atoms with van der Waals surface area (Å²) in [6.45, 7) is 6.54. The molecular formula is C18H24N2. The highest BCUT2D eigenvalue weighted by molar-refractivity contribution is 5.70. The number of aryl methyl sites for hydroxylation is 2. The minimum absolute atomic E-state index is 0.00999. The van der Waals surface area contributed by atoms with Gasteiger partial charge in [-0.15, -0.1) is 0 Å². The van der Waals surface area contributed by atoms with Gasteiger partial charge in [0.05, 0.1) is 11.4 Å². The SMILES string of the molecule is Cc1cccc(N)c1NC(C)(C)CCc1ccccc1. The molecule has 0 radical (unpaired) electrons. The molecule has 0 saturated carbocycles. The van der Waals surface area contributed by atoms with E-state index in [-0.39, 0.29) is 5.54 Å². The second-order valence-corrected chi connectivity index (χ2v) is 6.03. The molecule has 3 N–H and O–H groups in total. The van der Waals surface area contributed by atoms with E-state index in [4.69, 9.17) is 5.73 Å². The van der Waals surface area contributed by atoms with Crippen molar-refractivity contribution < 1.29 is 0 Å². The first kappa shape index (κ1) is 14.4. The van der Waals surface area contributed by atoms with Crippen LogP contribution in [0.25, 0.3) is 0 Å². The zero-order valence-corrected chi connectivity index (χ0v) is 12.6. The van der Waals surface area contributed by atoms with Gasteiger partial charge in [0.1, 0.15) is 0 Å². The summed E-state index contributed by atoms with van der Waals surface area (Å²) in [6, 6.07) is 16.6. The molecule has 0 bridgehead atoms. The zero-order valence-electron chi connectivity index (χ0n) is 12.6. The van der Waals surface area contributed by atoms with Gasteiger partial charge in [-0.1, -0.05) is 42.5 Å². The fraction of sp³-hybridized carbons (Fsp3) is 0.333. The van der Waals surface area contributed by atoms with E-state index in [1.165, 1.54) is 11.1 Å². The van der Waals surface area contributed by atoms with Gasteiger partial charge in [-0.3, -0.25) is 0 Å². The largest absolute Gasteiger partial charge is 0.397 e. The second kappa shape index (κ2) is 6.00. The lowest BCUT2D eigenvalue weighted by Crippen LogP contribution is -2.32. The summed E-state index contributed by atoms with van der Waals surface area (Å²) in [5.41, 5.74) is 10.5. The summed E-state index contributed by atoms with van der Waals surface area (Å²) < 4.78 is 0. The van der Waals surface area contributed by atoms with E-state index < -0.39 is 0 Å². The summed E-state index contributed by atoms with van der Waals surface area (Å²) in [5, 5.41) is 3.60. The first-order chi connectivity index (χ1) is 9.48.